The van der Waals surface area contributed by atoms with Gasteiger partial charge in [0.05, 0.1) is 5.69 Å². The second-order valence-electron chi connectivity index (χ2n) is 5.98. The third-order valence-corrected chi connectivity index (χ3v) is 5.45. The number of aromatic amines is 1. The van der Waals surface area contributed by atoms with E-state index in [9.17, 15) is 9.59 Å². The molecule has 0 bridgehead atoms. The molecule has 0 saturated carbocycles. The summed E-state index contributed by atoms with van der Waals surface area (Å²) < 4.78 is 1.69. The third kappa shape index (κ3) is 3.02. The van der Waals surface area contributed by atoms with E-state index in [0.717, 1.165) is 46.9 Å². The topological polar surface area (TPSA) is 71.0 Å². The van der Waals surface area contributed by atoms with Gasteiger partial charge in [0.2, 0.25) is 5.91 Å². The monoisotopic (exact) mass is 334 g/mol. The van der Waals surface area contributed by atoms with Crippen molar-refractivity contribution in [3.63, 3.8) is 0 Å². The number of amides is 1. The molecule has 1 fully saturated rings. The summed E-state index contributed by atoms with van der Waals surface area (Å²) in [5, 5.41) is 5.36. The van der Waals surface area contributed by atoms with Crippen molar-refractivity contribution in [3.8, 4) is 0 Å². The van der Waals surface area contributed by atoms with Crippen molar-refractivity contribution in [2.45, 2.75) is 26.7 Å². The predicted octanol–water partition coefficient (Wildman–Crippen LogP) is 1.39. The van der Waals surface area contributed by atoms with Crippen LogP contribution in [0.3, 0.4) is 0 Å². The lowest BCUT2D eigenvalue weighted by molar-refractivity contribution is -0.130. The Morgan fingerprint density at radius 2 is 2.00 bits per heavy atom. The predicted molar refractivity (Wildman–Crippen MR) is 93.0 cm³/mol. The molecule has 6 nitrogen and oxygen atoms in total. The van der Waals surface area contributed by atoms with E-state index in [0.29, 0.717) is 18.4 Å². The van der Waals surface area contributed by atoms with Crippen LogP contribution in [-0.2, 0) is 18.3 Å². The lowest BCUT2D eigenvalue weighted by Crippen LogP contribution is -2.38. The quantitative estimate of drug-likeness (QED) is 0.921. The zero-order valence-electron chi connectivity index (χ0n) is 13.8. The zero-order chi connectivity index (χ0) is 16.6. The van der Waals surface area contributed by atoms with Crippen LogP contribution in [0.5, 0.6) is 0 Å². The average molecular weight is 334 g/mol. The number of aryl methyl sites for hydroxylation is 3. The Balaban J connectivity index is 1.84. The van der Waals surface area contributed by atoms with Crippen LogP contribution in [0, 0.1) is 13.8 Å². The van der Waals surface area contributed by atoms with Gasteiger partial charge in [-0.25, -0.2) is 0 Å². The van der Waals surface area contributed by atoms with Gasteiger partial charge in [0.15, 0.2) is 0 Å². The van der Waals surface area contributed by atoms with Crippen molar-refractivity contribution in [2.75, 3.05) is 24.6 Å². The van der Waals surface area contributed by atoms with Gasteiger partial charge in [0, 0.05) is 49.0 Å². The van der Waals surface area contributed by atoms with Gasteiger partial charge in [-0.05, 0) is 25.8 Å². The first-order chi connectivity index (χ1) is 11.0. The van der Waals surface area contributed by atoms with Crippen LogP contribution in [-0.4, -0.2) is 50.2 Å². The molecule has 2 aromatic rings. The minimum atomic E-state index is -0.111. The van der Waals surface area contributed by atoms with Crippen molar-refractivity contribution in [1.29, 1.82) is 0 Å². The summed E-state index contributed by atoms with van der Waals surface area (Å²) in [5.41, 5.74) is 3.18. The largest absolute Gasteiger partial charge is 0.341 e. The Kier molecular flexibility index (Phi) is 4.48. The van der Waals surface area contributed by atoms with E-state index in [-0.39, 0.29) is 11.5 Å². The molecule has 1 aliphatic rings. The fraction of sp³-hybridized carbons (Fsp3) is 0.562. The molecule has 124 valence electrons. The molecule has 7 heteroatoms. The standard InChI is InChI=1S/C16H22N4O2S/c1-10-12(4-5-13(21)20-6-8-23-9-7-20)16(22)17-15-14(10)11(2)18-19(15)3/h4-9H2,1-3H3,(H,17,22). The SMILES string of the molecule is Cc1nn(C)c2[nH]c(=O)c(CCC(=O)N3CCSCC3)c(C)c12. The highest BCUT2D eigenvalue weighted by Gasteiger charge is 2.19. The second-order valence-corrected chi connectivity index (χ2v) is 7.21. The summed E-state index contributed by atoms with van der Waals surface area (Å²) in [6, 6.07) is 0. The van der Waals surface area contributed by atoms with Crippen LogP contribution in [0.15, 0.2) is 4.79 Å². The molecule has 0 aromatic carbocycles. The highest BCUT2D eigenvalue weighted by molar-refractivity contribution is 7.99. The molecule has 1 saturated heterocycles. The fourth-order valence-electron chi connectivity index (χ4n) is 3.26. The van der Waals surface area contributed by atoms with E-state index in [1.165, 1.54) is 0 Å². The summed E-state index contributed by atoms with van der Waals surface area (Å²) in [7, 11) is 1.82. The van der Waals surface area contributed by atoms with Crippen LogP contribution >= 0.6 is 11.8 Å². The summed E-state index contributed by atoms with van der Waals surface area (Å²) in [6.45, 7) is 5.52. The smallest absolute Gasteiger partial charge is 0.253 e. The van der Waals surface area contributed by atoms with Crippen LogP contribution < -0.4 is 5.56 Å². The summed E-state index contributed by atoms with van der Waals surface area (Å²) in [5.74, 6) is 2.16. The van der Waals surface area contributed by atoms with E-state index in [4.69, 9.17) is 0 Å². The van der Waals surface area contributed by atoms with Gasteiger partial charge in [0.1, 0.15) is 5.65 Å². The molecule has 0 spiro atoms. The number of pyridine rings is 1. The number of fused-ring (bicyclic) bond motifs is 1. The van der Waals surface area contributed by atoms with Crippen molar-refractivity contribution in [1.82, 2.24) is 19.7 Å². The van der Waals surface area contributed by atoms with Gasteiger partial charge in [-0.1, -0.05) is 0 Å². The van der Waals surface area contributed by atoms with Crippen LogP contribution in [0.25, 0.3) is 11.0 Å². The summed E-state index contributed by atoms with van der Waals surface area (Å²) >= 11 is 1.88. The number of nitrogens with one attached hydrogen (secondary N) is 1. The van der Waals surface area contributed by atoms with E-state index in [2.05, 4.69) is 10.1 Å². The Morgan fingerprint density at radius 1 is 1.30 bits per heavy atom. The molecular formula is C16H22N4O2S. The van der Waals surface area contributed by atoms with Crippen molar-refractivity contribution >= 4 is 28.7 Å². The molecule has 0 atom stereocenters. The molecule has 3 rings (SSSR count). The average Bonchev–Trinajstić information content (AvgIpc) is 2.82. The number of rotatable bonds is 3. The first-order valence-corrected chi connectivity index (χ1v) is 9.05. The molecule has 1 N–H and O–H groups in total. The van der Waals surface area contributed by atoms with Gasteiger partial charge in [0.25, 0.3) is 5.56 Å². The number of aromatic nitrogens is 3. The minimum absolute atomic E-state index is 0.111. The number of thioether (sulfide) groups is 1. The van der Waals surface area contributed by atoms with Crippen molar-refractivity contribution < 1.29 is 4.79 Å². The van der Waals surface area contributed by atoms with Gasteiger partial charge in [-0.3, -0.25) is 14.3 Å². The van der Waals surface area contributed by atoms with Crippen molar-refractivity contribution in [3.05, 3.63) is 27.2 Å². The number of nitrogens with zero attached hydrogens (tertiary/aromatic N) is 3. The molecule has 0 radical (unpaired) electrons. The molecule has 2 aromatic heterocycles. The summed E-state index contributed by atoms with van der Waals surface area (Å²) in [4.78, 5) is 29.5. The molecular weight excluding hydrogens is 312 g/mol. The Morgan fingerprint density at radius 3 is 2.70 bits per heavy atom. The first kappa shape index (κ1) is 16.1. The maximum absolute atomic E-state index is 12.4. The van der Waals surface area contributed by atoms with Gasteiger partial charge in [-0.2, -0.15) is 16.9 Å². The molecule has 23 heavy (non-hydrogen) atoms. The maximum Gasteiger partial charge on any atom is 0.253 e. The van der Waals surface area contributed by atoms with Crippen LogP contribution in [0.2, 0.25) is 0 Å². The Hall–Kier alpha value is -1.76. The molecule has 0 unspecified atom stereocenters. The van der Waals surface area contributed by atoms with Gasteiger partial charge in [-0.15, -0.1) is 0 Å². The Labute approximate surface area is 139 Å². The second kappa shape index (κ2) is 6.39. The number of hydrogen-bond donors (Lipinski definition) is 1. The fourth-order valence-corrected chi connectivity index (χ4v) is 4.16. The zero-order valence-corrected chi connectivity index (χ0v) is 14.6. The Bertz CT molecular complexity index is 802. The molecule has 3 heterocycles. The lowest BCUT2D eigenvalue weighted by atomic mass is 10.0. The van der Waals surface area contributed by atoms with Crippen LogP contribution in [0.1, 0.15) is 23.2 Å². The normalized spacial score (nSPS) is 15.3. The minimum Gasteiger partial charge on any atom is -0.341 e. The number of hydrogen-bond acceptors (Lipinski definition) is 4. The molecule has 0 aliphatic carbocycles. The highest BCUT2D eigenvalue weighted by atomic mass is 32.2. The van der Waals surface area contributed by atoms with Gasteiger partial charge < -0.3 is 9.88 Å². The summed E-state index contributed by atoms with van der Waals surface area (Å²) in [6.07, 6.45) is 0.868. The number of carbonyl (C=O) groups excluding carboxylic acids is 1. The van der Waals surface area contributed by atoms with E-state index in [1.54, 1.807) is 4.68 Å². The molecule has 1 aliphatic heterocycles. The lowest BCUT2D eigenvalue weighted by Gasteiger charge is -2.26. The number of carbonyl (C=O) groups is 1. The van der Waals surface area contributed by atoms with E-state index in [1.807, 2.05) is 37.6 Å². The first-order valence-electron chi connectivity index (χ1n) is 7.89. The van der Waals surface area contributed by atoms with Gasteiger partial charge >= 0.3 is 0 Å². The maximum atomic E-state index is 12.4. The van der Waals surface area contributed by atoms with E-state index >= 15 is 0 Å². The number of H-pyrrole nitrogens is 1. The highest BCUT2D eigenvalue weighted by Crippen LogP contribution is 2.21. The van der Waals surface area contributed by atoms with Crippen molar-refractivity contribution in [2.24, 2.45) is 7.05 Å². The van der Waals surface area contributed by atoms with E-state index < -0.39 is 0 Å². The van der Waals surface area contributed by atoms with Crippen LogP contribution in [0.4, 0.5) is 0 Å². The third-order valence-electron chi connectivity index (χ3n) is 4.51. The molecule has 1 amide bonds.